The largest absolute Gasteiger partial charge is 0.385 e. The van der Waals surface area contributed by atoms with Crippen molar-refractivity contribution in [2.45, 2.75) is 38.3 Å². The number of aromatic nitrogens is 2. The number of rotatable bonds is 5. The van der Waals surface area contributed by atoms with Crippen molar-refractivity contribution in [1.29, 1.82) is 0 Å². The minimum Gasteiger partial charge on any atom is -0.385 e. The van der Waals surface area contributed by atoms with E-state index in [1.165, 1.54) is 0 Å². The van der Waals surface area contributed by atoms with E-state index in [1.54, 1.807) is 18.6 Å². The fourth-order valence-corrected chi connectivity index (χ4v) is 2.24. The van der Waals surface area contributed by atoms with Gasteiger partial charge in [-0.15, -0.1) is 0 Å². The summed E-state index contributed by atoms with van der Waals surface area (Å²) in [6.07, 6.45) is 6.00. The molecule has 1 heterocycles. The predicted octanol–water partition coefficient (Wildman–Crippen LogP) is 1.63. The maximum atomic E-state index is 10.5. The van der Waals surface area contributed by atoms with E-state index in [9.17, 15) is 5.11 Å². The van der Waals surface area contributed by atoms with Crippen LogP contribution in [0.5, 0.6) is 0 Å². The molecule has 0 aliphatic heterocycles. The van der Waals surface area contributed by atoms with E-state index in [4.69, 9.17) is 0 Å². The Balaban J connectivity index is 3.05. The van der Waals surface area contributed by atoms with E-state index in [2.05, 4.69) is 28.7 Å². The van der Waals surface area contributed by atoms with Crippen LogP contribution in [0.3, 0.4) is 0 Å². The highest BCUT2D eigenvalue weighted by Gasteiger charge is 2.38. The Morgan fingerprint density at radius 1 is 1.31 bits per heavy atom. The lowest BCUT2D eigenvalue weighted by molar-refractivity contribution is -0.0175. The molecular weight excluding hydrogens is 202 g/mol. The summed E-state index contributed by atoms with van der Waals surface area (Å²) in [7, 11) is 3.99. The molecule has 0 aromatic carbocycles. The molecule has 1 unspecified atom stereocenters. The average Bonchev–Trinajstić information content (AvgIpc) is 2.32. The molecule has 0 amide bonds. The highest BCUT2D eigenvalue weighted by atomic mass is 16.3. The Bertz CT molecular complexity index is 309. The number of aliphatic hydroxyl groups is 1. The number of aliphatic hydroxyl groups excluding tert-OH is 1. The molecule has 1 rings (SSSR count). The van der Waals surface area contributed by atoms with Gasteiger partial charge >= 0.3 is 0 Å². The summed E-state index contributed by atoms with van der Waals surface area (Å²) in [6.45, 7) is 4.17. The van der Waals surface area contributed by atoms with Gasteiger partial charge < -0.3 is 10.0 Å². The van der Waals surface area contributed by atoms with Crippen LogP contribution in [0.2, 0.25) is 0 Å². The molecule has 0 radical (unpaired) electrons. The Hall–Kier alpha value is -1.00. The third kappa shape index (κ3) is 2.23. The summed E-state index contributed by atoms with van der Waals surface area (Å²) in [5.41, 5.74) is 0.371. The molecule has 0 aliphatic carbocycles. The fraction of sp³-hybridized carbons (Fsp3) is 0.667. The Morgan fingerprint density at radius 3 is 2.31 bits per heavy atom. The van der Waals surface area contributed by atoms with Gasteiger partial charge in [-0.3, -0.25) is 9.97 Å². The Kier molecular flexibility index (Phi) is 4.38. The summed E-state index contributed by atoms with van der Waals surface area (Å²) < 4.78 is 0. The van der Waals surface area contributed by atoms with Gasteiger partial charge in [0.15, 0.2) is 0 Å². The van der Waals surface area contributed by atoms with Gasteiger partial charge in [-0.2, -0.15) is 0 Å². The second-order valence-electron chi connectivity index (χ2n) is 4.24. The van der Waals surface area contributed by atoms with Gasteiger partial charge in [-0.25, -0.2) is 0 Å². The molecule has 1 N–H and O–H groups in total. The molecule has 4 heteroatoms. The average molecular weight is 223 g/mol. The van der Waals surface area contributed by atoms with E-state index in [1.807, 2.05) is 14.1 Å². The quantitative estimate of drug-likeness (QED) is 0.824. The van der Waals surface area contributed by atoms with Gasteiger partial charge in [0.25, 0.3) is 0 Å². The predicted molar refractivity (Wildman–Crippen MR) is 64.0 cm³/mol. The smallest absolute Gasteiger partial charge is 0.116 e. The summed E-state index contributed by atoms with van der Waals surface area (Å²) in [5.74, 6) is 0. The molecule has 4 nitrogen and oxygen atoms in total. The number of hydrogen-bond donors (Lipinski definition) is 1. The van der Waals surface area contributed by atoms with Crippen molar-refractivity contribution in [3.63, 3.8) is 0 Å². The van der Waals surface area contributed by atoms with Crippen molar-refractivity contribution in [3.8, 4) is 0 Å². The Morgan fingerprint density at radius 2 is 1.94 bits per heavy atom. The van der Waals surface area contributed by atoms with Crippen molar-refractivity contribution in [3.05, 3.63) is 24.3 Å². The van der Waals surface area contributed by atoms with Gasteiger partial charge in [-0.05, 0) is 26.9 Å². The highest BCUT2D eigenvalue weighted by molar-refractivity contribution is 5.08. The number of hydrogen-bond acceptors (Lipinski definition) is 4. The molecule has 0 aliphatic rings. The van der Waals surface area contributed by atoms with Crippen molar-refractivity contribution in [1.82, 2.24) is 14.9 Å². The van der Waals surface area contributed by atoms with Gasteiger partial charge in [0.2, 0.25) is 0 Å². The minimum absolute atomic E-state index is 0.268. The third-order valence-corrected chi connectivity index (χ3v) is 3.49. The normalized spacial score (nSPS) is 14.1. The standard InChI is InChI=1S/C12H21N3O/c1-5-12(6-2,15(3)4)11(16)10-9-13-7-8-14-10/h7-9,11,16H,5-6H2,1-4H3. The van der Waals surface area contributed by atoms with E-state index in [-0.39, 0.29) is 5.54 Å². The molecule has 1 atom stereocenters. The highest BCUT2D eigenvalue weighted by Crippen LogP contribution is 2.34. The zero-order valence-corrected chi connectivity index (χ0v) is 10.5. The SMILES string of the molecule is CCC(CC)(C(O)c1cnccn1)N(C)C. The van der Waals surface area contributed by atoms with Gasteiger partial charge in [0, 0.05) is 12.4 Å². The molecule has 0 fully saturated rings. The molecule has 0 saturated heterocycles. The first kappa shape index (κ1) is 13.1. The lowest BCUT2D eigenvalue weighted by Crippen LogP contribution is -2.48. The van der Waals surface area contributed by atoms with Crippen molar-refractivity contribution in [2.24, 2.45) is 0 Å². The summed E-state index contributed by atoms with van der Waals surface area (Å²) in [4.78, 5) is 10.3. The molecule has 90 valence electrons. The maximum absolute atomic E-state index is 10.5. The van der Waals surface area contributed by atoms with Gasteiger partial charge in [0.05, 0.1) is 17.4 Å². The lowest BCUT2D eigenvalue weighted by atomic mass is 9.83. The molecule has 0 spiro atoms. The van der Waals surface area contributed by atoms with Crippen LogP contribution in [0.4, 0.5) is 0 Å². The monoisotopic (exact) mass is 223 g/mol. The third-order valence-electron chi connectivity index (χ3n) is 3.49. The first-order valence-electron chi connectivity index (χ1n) is 5.70. The van der Waals surface area contributed by atoms with Crippen LogP contribution < -0.4 is 0 Å². The maximum Gasteiger partial charge on any atom is 0.116 e. The zero-order valence-electron chi connectivity index (χ0n) is 10.5. The second-order valence-corrected chi connectivity index (χ2v) is 4.24. The zero-order chi connectivity index (χ0) is 12.2. The van der Waals surface area contributed by atoms with Crippen molar-refractivity contribution in [2.75, 3.05) is 14.1 Å². The van der Waals surface area contributed by atoms with Gasteiger partial charge in [0.1, 0.15) is 6.10 Å². The summed E-state index contributed by atoms with van der Waals surface area (Å²) >= 11 is 0. The van der Waals surface area contributed by atoms with Crippen LogP contribution in [0.25, 0.3) is 0 Å². The van der Waals surface area contributed by atoms with Crippen LogP contribution in [0, 0.1) is 0 Å². The topological polar surface area (TPSA) is 49.3 Å². The van der Waals surface area contributed by atoms with E-state index < -0.39 is 6.10 Å². The molecule has 16 heavy (non-hydrogen) atoms. The van der Waals surface area contributed by atoms with Crippen LogP contribution in [-0.2, 0) is 0 Å². The van der Waals surface area contributed by atoms with Crippen LogP contribution >= 0.6 is 0 Å². The first-order chi connectivity index (χ1) is 7.58. The van der Waals surface area contributed by atoms with E-state index in [0.29, 0.717) is 5.69 Å². The number of likely N-dealkylation sites (N-methyl/N-ethyl adjacent to an activating group) is 1. The molecule has 0 saturated carbocycles. The van der Waals surface area contributed by atoms with Crippen molar-refractivity contribution >= 4 is 0 Å². The summed E-state index contributed by atoms with van der Waals surface area (Å²) in [6, 6.07) is 0. The minimum atomic E-state index is -0.605. The van der Waals surface area contributed by atoms with Crippen LogP contribution in [0.15, 0.2) is 18.6 Å². The molecular formula is C12H21N3O. The van der Waals surface area contributed by atoms with E-state index >= 15 is 0 Å². The first-order valence-corrected chi connectivity index (χ1v) is 5.70. The number of nitrogens with zero attached hydrogens (tertiary/aromatic N) is 3. The van der Waals surface area contributed by atoms with E-state index in [0.717, 1.165) is 12.8 Å². The van der Waals surface area contributed by atoms with Crippen molar-refractivity contribution < 1.29 is 5.11 Å². The van der Waals surface area contributed by atoms with Crippen LogP contribution in [-0.4, -0.2) is 39.6 Å². The summed E-state index contributed by atoms with van der Waals surface area (Å²) in [5, 5.41) is 10.5. The molecule has 0 bridgehead atoms. The fourth-order valence-electron chi connectivity index (χ4n) is 2.24. The second kappa shape index (κ2) is 5.37. The molecule has 1 aromatic heterocycles. The Labute approximate surface area is 97.3 Å². The lowest BCUT2D eigenvalue weighted by Gasteiger charge is -2.42. The molecule has 1 aromatic rings. The van der Waals surface area contributed by atoms with Crippen LogP contribution in [0.1, 0.15) is 38.5 Å². The van der Waals surface area contributed by atoms with Gasteiger partial charge in [-0.1, -0.05) is 13.8 Å².